The Balaban J connectivity index is 1.52. The number of rotatable bonds is 4. The van der Waals surface area contributed by atoms with E-state index in [1.807, 2.05) is 30.3 Å². The molecule has 24 heavy (non-hydrogen) atoms. The number of nitrogens with zero attached hydrogens (tertiary/aromatic N) is 1. The third-order valence-corrected chi connectivity index (χ3v) is 4.63. The number of urea groups is 1. The van der Waals surface area contributed by atoms with Crippen LogP contribution in [0.3, 0.4) is 0 Å². The molecule has 3 rings (SSSR count). The summed E-state index contributed by atoms with van der Waals surface area (Å²) in [4.78, 5) is 37.1. The van der Waals surface area contributed by atoms with E-state index in [4.69, 9.17) is 5.11 Å². The van der Waals surface area contributed by atoms with Crippen LogP contribution in [0.25, 0.3) is 0 Å². The largest absolute Gasteiger partial charge is 0.481 e. The third-order valence-electron chi connectivity index (χ3n) is 4.63. The number of nitrogens with one attached hydrogen (secondary N) is 2. The molecule has 1 heterocycles. The van der Waals surface area contributed by atoms with Gasteiger partial charge >= 0.3 is 12.0 Å². The Kier molecular flexibility index (Phi) is 4.69. The Labute approximate surface area is 140 Å². The molecule has 2 fully saturated rings. The molecule has 0 radical (unpaired) electrons. The molecular formula is C17H21N3O4. The van der Waals surface area contributed by atoms with Crippen molar-refractivity contribution in [1.29, 1.82) is 0 Å². The SMILES string of the molecule is O=C(NC1CC(C(=O)O)C1)NC1CCCN(c2ccccc2)C1=O. The first-order valence-corrected chi connectivity index (χ1v) is 8.21. The number of hydrogen-bond donors (Lipinski definition) is 3. The molecule has 2 aliphatic rings. The van der Waals surface area contributed by atoms with E-state index < -0.39 is 18.0 Å². The quantitative estimate of drug-likeness (QED) is 0.775. The highest BCUT2D eigenvalue weighted by atomic mass is 16.4. The summed E-state index contributed by atoms with van der Waals surface area (Å²) in [5.74, 6) is -1.31. The van der Waals surface area contributed by atoms with Crippen LogP contribution in [0.15, 0.2) is 30.3 Å². The highest BCUT2D eigenvalue weighted by Crippen LogP contribution is 2.27. The van der Waals surface area contributed by atoms with Crippen LogP contribution in [-0.4, -0.2) is 41.6 Å². The van der Waals surface area contributed by atoms with Gasteiger partial charge in [-0.3, -0.25) is 9.59 Å². The van der Waals surface area contributed by atoms with Crippen LogP contribution in [-0.2, 0) is 9.59 Å². The van der Waals surface area contributed by atoms with Gasteiger partial charge in [0.25, 0.3) is 0 Å². The number of anilines is 1. The van der Waals surface area contributed by atoms with Crippen molar-refractivity contribution in [3.63, 3.8) is 0 Å². The topological polar surface area (TPSA) is 98.7 Å². The van der Waals surface area contributed by atoms with E-state index in [0.29, 0.717) is 25.8 Å². The van der Waals surface area contributed by atoms with Crippen molar-refractivity contribution >= 4 is 23.6 Å². The Morgan fingerprint density at radius 2 is 1.83 bits per heavy atom. The molecule has 0 bridgehead atoms. The van der Waals surface area contributed by atoms with Gasteiger partial charge in [0.1, 0.15) is 6.04 Å². The average molecular weight is 331 g/mol. The number of hydrogen-bond acceptors (Lipinski definition) is 3. The molecule has 128 valence electrons. The van der Waals surface area contributed by atoms with Gasteiger partial charge in [0.05, 0.1) is 5.92 Å². The van der Waals surface area contributed by atoms with Crippen LogP contribution in [0.1, 0.15) is 25.7 Å². The maximum Gasteiger partial charge on any atom is 0.315 e. The molecule has 7 heteroatoms. The van der Waals surface area contributed by atoms with Crippen molar-refractivity contribution in [2.45, 2.75) is 37.8 Å². The summed E-state index contributed by atoms with van der Waals surface area (Å²) in [6.07, 6.45) is 2.31. The van der Waals surface area contributed by atoms with Crippen molar-refractivity contribution in [2.24, 2.45) is 5.92 Å². The Hall–Kier alpha value is -2.57. The normalized spacial score (nSPS) is 26.4. The van der Waals surface area contributed by atoms with Crippen molar-refractivity contribution in [1.82, 2.24) is 10.6 Å². The lowest BCUT2D eigenvalue weighted by Gasteiger charge is -2.35. The Morgan fingerprint density at radius 1 is 1.12 bits per heavy atom. The lowest BCUT2D eigenvalue weighted by molar-refractivity contribution is -0.145. The molecule has 3 N–H and O–H groups in total. The predicted molar refractivity (Wildman–Crippen MR) is 87.6 cm³/mol. The molecule has 1 saturated heterocycles. The maximum atomic E-state index is 12.6. The average Bonchev–Trinajstić information content (AvgIpc) is 2.53. The minimum atomic E-state index is -0.825. The van der Waals surface area contributed by atoms with Crippen molar-refractivity contribution < 1.29 is 19.5 Å². The van der Waals surface area contributed by atoms with Crippen molar-refractivity contribution in [3.05, 3.63) is 30.3 Å². The smallest absolute Gasteiger partial charge is 0.315 e. The Morgan fingerprint density at radius 3 is 2.50 bits per heavy atom. The van der Waals surface area contributed by atoms with Crippen molar-refractivity contribution in [2.75, 3.05) is 11.4 Å². The number of carbonyl (C=O) groups is 3. The minimum absolute atomic E-state index is 0.111. The molecule has 0 aromatic heterocycles. The second kappa shape index (κ2) is 6.90. The van der Waals surface area contributed by atoms with Gasteiger partial charge in [0.15, 0.2) is 0 Å². The molecule has 1 saturated carbocycles. The number of carboxylic acid groups (broad SMARTS) is 1. The van der Waals surface area contributed by atoms with Gasteiger partial charge in [-0.05, 0) is 37.8 Å². The maximum absolute atomic E-state index is 12.6. The van der Waals surface area contributed by atoms with E-state index in [1.165, 1.54) is 0 Å². The number of carboxylic acids is 1. The number of para-hydroxylation sites is 1. The highest BCUT2D eigenvalue weighted by Gasteiger charge is 2.36. The van der Waals surface area contributed by atoms with Gasteiger partial charge in [-0.1, -0.05) is 18.2 Å². The van der Waals surface area contributed by atoms with E-state index in [1.54, 1.807) is 4.90 Å². The Bertz CT molecular complexity index is 628. The van der Waals surface area contributed by atoms with E-state index in [-0.39, 0.29) is 17.9 Å². The number of benzene rings is 1. The lowest BCUT2D eigenvalue weighted by atomic mass is 9.80. The van der Waals surface area contributed by atoms with Gasteiger partial charge in [0.2, 0.25) is 5.91 Å². The second-order valence-corrected chi connectivity index (χ2v) is 6.34. The van der Waals surface area contributed by atoms with Crippen LogP contribution < -0.4 is 15.5 Å². The summed E-state index contributed by atoms with van der Waals surface area (Å²) in [5, 5.41) is 14.3. The number of piperidine rings is 1. The summed E-state index contributed by atoms with van der Waals surface area (Å²) in [6.45, 7) is 0.644. The fourth-order valence-corrected chi connectivity index (χ4v) is 3.20. The van der Waals surface area contributed by atoms with Gasteiger partial charge < -0.3 is 20.6 Å². The number of aliphatic carboxylic acids is 1. The van der Waals surface area contributed by atoms with Gasteiger partial charge in [-0.2, -0.15) is 0 Å². The number of amides is 3. The summed E-state index contributed by atoms with van der Waals surface area (Å²) < 4.78 is 0. The zero-order valence-electron chi connectivity index (χ0n) is 13.3. The first kappa shape index (κ1) is 16.3. The first-order chi connectivity index (χ1) is 11.5. The summed E-state index contributed by atoms with van der Waals surface area (Å²) in [6, 6.07) is 8.32. The summed E-state index contributed by atoms with van der Waals surface area (Å²) in [5.41, 5.74) is 0.831. The van der Waals surface area contributed by atoms with E-state index >= 15 is 0 Å². The van der Waals surface area contributed by atoms with E-state index in [0.717, 1.165) is 12.1 Å². The molecule has 1 aromatic carbocycles. The zero-order valence-corrected chi connectivity index (χ0v) is 13.3. The van der Waals surface area contributed by atoms with Crippen LogP contribution in [0.2, 0.25) is 0 Å². The molecule has 1 aliphatic carbocycles. The number of carbonyl (C=O) groups excluding carboxylic acids is 2. The monoisotopic (exact) mass is 331 g/mol. The first-order valence-electron chi connectivity index (χ1n) is 8.21. The standard InChI is InChI=1S/C17H21N3O4/c21-15-14(7-4-8-20(15)13-5-2-1-3-6-13)19-17(24)18-12-9-11(10-12)16(22)23/h1-3,5-6,11-12,14H,4,7-10H2,(H,22,23)(H2,18,19,24). The zero-order chi connectivity index (χ0) is 17.1. The fraction of sp³-hybridized carbons (Fsp3) is 0.471. The van der Waals surface area contributed by atoms with Gasteiger partial charge in [-0.25, -0.2) is 4.79 Å². The summed E-state index contributed by atoms with van der Waals surface area (Å²) in [7, 11) is 0. The molecule has 7 nitrogen and oxygen atoms in total. The van der Waals surface area contributed by atoms with Gasteiger partial charge in [0, 0.05) is 18.3 Å². The van der Waals surface area contributed by atoms with Crippen LogP contribution in [0, 0.1) is 5.92 Å². The second-order valence-electron chi connectivity index (χ2n) is 6.34. The molecule has 1 atom stereocenters. The molecule has 1 aliphatic heterocycles. The van der Waals surface area contributed by atoms with Crippen LogP contribution in [0.5, 0.6) is 0 Å². The predicted octanol–water partition coefficient (Wildman–Crippen LogP) is 1.34. The van der Waals surface area contributed by atoms with Crippen LogP contribution in [0.4, 0.5) is 10.5 Å². The third kappa shape index (κ3) is 3.50. The molecule has 1 unspecified atom stereocenters. The fourth-order valence-electron chi connectivity index (χ4n) is 3.20. The molecule has 0 spiro atoms. The highest BCUT2D eigenvalue weighted by molar-refractivity contribution is 5.99. The van der Waals surface area contributed by atoms with E-state index in [9.17, 15) is 14.4 Å². The molecular weight excluding hydrogens is 310 g/mol. The van der Waals surface area contributed by atoms with Crippen LogP contribution >= 0.6 is 0 Å². The molecule has 3 amide bonds. The van der Waals surface area contributed by atoms with Crippen molar-refractivity contribution in [3.8, 4) is 0 Å². The van der Waals surface area contributed by atoms with E-state index in [2.05, 4.69) is 10.6 Å². The minimum Gasteiger partial charge on any atom is -0.481 e. The summed E-state index contributed by atoms with van der Waals surface area (Å²) >= 11 is 0. The van der Waals surface area contributed by atoms with Gasteiger partial charge in [-0.15, -0.1) is 0 Å². The lowest BCUT2D eigenvalue weighted by Crippen LogP contribution is -2.57. The molecule has 1 aromatic rings.